The number of likely N-dealkylation sites (N-methyl/N-ethyl adjacent to an activating group) is 1. The predicted octanol–water partition coefficient (Wildman–Crippen LogP) is -0.885. The van der Waals surface area contributed by atoms with Crippen LogP contribution in [0.2, 0.25) is 0 Å². The first-order valence-electron chi connectivity index (χ1n) is 6.38. The van der Waals surface area contributed by atoms with Crippen molar-refractivity contribution in [3.05, 3.63) is 54.6 Å². The van der Waals surface area contributed by atoms with Crippen LogP contribution in [0.15, 0.2) is 64.9 Å². The van der Waals surface area contributed by atoms with Crippen LogP contribution in [0.4, 0.5) is 17.1 Å². The number of carbonyl (C=O) groups excluding carboxylic acids is 1. The molecule has 0 aliphatic rings. The fourth-order valence-corrected chi connectivity index (χ4v) is 1.65. The molecule has 0 aliphatic heterocycles. The maximum absolute atomic E-state index is 10.4. The Morgan fingerprint density at radius 3 is 2.27 bits per heavy atom. The van der Waals surface area contributed by atoms with Gasteiger partial charge in [0.1, 0.15) is 0 Å². The van der Waals surface area contributed by atoms with Gasteiger partial charge in [0.25, 0.3) is 0 Å². The number of carbonyl (C=O) groups is 1. The molecule has 1 N–H and O–H groups in total. The zero-order valence-corrected chi connectivity index (χ0v) is 14.6. The van der Waals surface area contributed by atoms with Crippen LogP contribution < -0.4 is 40.0 Å². The second-order valence-electron chi connectivity index (χ2n) is 4.42. The number of hydrogen-bond acceptors (Lipinski definition) is 5. The number of rotatable bonds is 6. The Labute approximate surface area is 151 Å². The molecule has 0 saturated carbocycles. The minimum Gasteiger partial charge on any atom is -0.548 e. The molecule has 2 aromatic carbocycles. The quantitative estimate of drug-likeness (QED) is 0.427. The Kier molecular flexibility index (Phi) is 7.59. The molecule has 0 aliphatic carbocycles. The molecule has 0 amide bonds. The first-order valence-corrected chi connectivity index (χ1v) is 6.38. The maximum Gasteiger partial charge on any atom is 1.00 e. The second kappa shape index (κ2) is 9.19. The van der Waals surface area contributed by atoms with E-state index >= 15 is 0 Å². The Morgan fingerprint density at radius 1 is 1.09 bits per heavy atom. The number of benzene rings is 2. The Bertz CT molecular complexity index is 617. The van der Waals surface area contributed by atoms with Gasteiger partial charge in [-0.2, -0.15) is 0 Å². The van der Waals surface area contributed by atoms with Crippen molar-refractivity contribution in [2.24, 2.45) is 10.3 Å². The largest absolute Gasteiger partial charge is 1.00 e. The summed E-state index contributed by atoms with van der Waals surface area (Å²) in [5, 5.41) is 22.5. The van der Waals surface area contributed by atoms with Crippen molar-refractivity contribution in [2.75, 3.05) is 18.9 Å². The molecule has 7 heteroatoms. The average molecular weight is 306 g/mol. The molecule has 2 aromatic rings. The molecule has 0 saturated heterocycles. The first kappa shape index (κ1) is 18.2. The average Bonchev–Trinajstić information content (AvgIpc) is 2.47. The normalized spacial score (nSPS) is 10.0. The Hall–Kier alpha value is -1.89. The van der Waals surface area contributed by atoms with Crippen LogP contribution in [0, 0.1) is 0 Å². The van der Waals surface area contributed by atoms with E-state index in [2.05, 4.69) is 15.7 Å². The Balaban J connectivity index is 0.00000242. The van der Waals surface area contributed by atoms with E-state index in [-0.39, 0.29) is 36.1 Å². The third-order valence-corrected chi connectivity index (χ3v) is 2.60. The van der Waals surface area contributed by atoms with E-state index in [1.807, 2.05) is 42.5 Å². The number of nitrogens with zero attached hydrogens (tertiary/aromatic N) is 3. The van der Waals surface area contributed by atoms with Crippen LogP contribution in [0.25, 0.3) is 0 Å². The molecular weight excluding hydrogens is 291 g/mol. The Morgan fingerprint density at radius 2 is 1.68 bits per heavy atom. The number of hydrogen-bond donors (Lipinski definition) is 1. The number of carboxylic acids is 1. The van der Waals surface area contributed by atoms with E-state index in [0.717, 1.165) is 11.4 Å². The van der Waals surface area contributed by atoms with Crippen LogP contribution in [-0.2, 0) is 4.79 Å². The summed E-state index contributed by atoms with van der Waals surface area (Å²) >= 11 is 0. The minimum atomic E-state index is -1.20. The summed E-state index contributed by atoms with van der Waals surface area (Å²) in [6, 6.07) is 17.2. The van der Waals surface area contributed by atoms with Gasteiger partial charge in [-0.15, -0.1) is 5.11 Å². The maximum atomic E-state index is 10.4. The molecule has 0 radical (unpaired) electrons. The fraction of sp³-hybridized carbons (Fsp3) is 0.133. The zero-order chi connectivity index (χ0) is 15.1. The summed E-state index contributed by atoms with van der Waals surface area (Å²) in [6.45, 7) is -0.294. The van der Waals surface area contributed by atoms with E-state index in [0.29, 0.717) is 5.69 Å². The van der Waals surface area contributed by atoms with E-state index in [1.54, 1.807) is 12.1 Å². The van der Waals surface area contributed by atoms with E-state index in [4.69, 9.17) is 0 Å². The van der Waals surface area contributed by atoms with Crippen molar-refractivity contribution in [3.8, 4) is 0 Å². The number of para-hydroxylation sites is 1. The standard InChI is InChI=1S/C15H16N4O2.Na/c1-19(11-15(20)21)18-17-14-9-7-13(8-10-14)16-12-5-3-2-4-6-12;/h2-10,16H,11H2,1H3,(H,20,21);/q;+1/p-1. The van der Waals surface area contributed by atoms with Crippen molar-refractivity contribution in [2.45, 2.75) is 0 Å². The second-order valence-corrected chi connectivity index (χ2v) is 4.42. The molecule has 0 spiro atoms. The van der Waals surface area contributed by atoms with Gasteiger partial charge in [-0.1, -0.05) is 23.4 Å². The summed E-state index contributed by atoms with van der Waals surface area (Å²) < 4.78 is 0. The van der Waals surface area contributed by atoms with E-state index in [1.165, 1.54) is 12.1 Å². The first-order chi connectivity index (χ1) is 10.1. The molecule has 0 unspecified atom stereocenters. The summed E-state index contributed by atoms with van der Waals surface area (Å²) in [7, 11) is 1.52. The van der Waals surface area contributed by atoms with Crippen LogP contribution in [0.1, 0.15) is 0 Å². The topological polar surface area (TPSA) is 80.1 Å². The fourth-order valence-electron chi connectivity index (χ4n) is 1.65. The molecule has 0 atom stereocenters. The van der Waals surface area contributed by atoms with Crippen molar-refractivity contribution in [1.82, 2.24) is 5.01 Å². The summed E-state index contributed by atoms with van der Waals surface area (Å²) in [5.41, 5.74) is 2.57. The monoisotopic (exact) mass is 306 g/mol. The molecule has 22 heavy (non-hydrogen) atoms. The van der Waals surface area contributed by atoms with E-state index < -0.39 is 5.97 Å². The van der Waals surface area contributed by atoms with Crippen molar-refractivity contribution in [1.29, 1.82) is 0 Å². The molecule has 2 rings (SSSR count). The third-order valence-electron chi connectivity index (χ3n) is 2.60. The molecule has 6 nitrogen and oxygen atoms in total. The number of aliphatic carboxylic acids is 1. The smallest absolute Gasteiger partial charge is 0.548 e. The van der Waals surface area contributed by atoms with Crippen molar-refractivity contribution >= 4 is 23.0 Å². The van der Waals surface area contributed by atoms with Crippen molar-refractivity contribution in [3.63, 3.8) is 0 Å². The van der Waals surface area contributed by atoms with Crippen LogP contribution in [-0.4, -0.2) is 24.6 Å². The van der Waals surface area contributed by atoms with Gasteiger partial charge < -0.3 is 15.2 Å². The molecule has 108 valence electrons. The number of anilines is 2. The van der Waals surface area contributed by atoms with Gasteiger partial charge in [-0.25, -0.2) is 0 Å². The summed E-state index contributed by atoms with van der Waals surface area (Å²) in [5.74, 6) is -1.20. The number of nitrogens with one attached hydrogen (secondary N) is 1. The van der Waals surface area contributed by atoms with Gasteiger partial charge >= 0.3 is 29.6 Å². The SMILES string of the molecule is CN(CC(=O)[O-])N=Nc1ccc(Nc2ccccc2)cc1.[Na+]. The molecule has 0 heterocycles. The van der Waals surface area contributed by atoms with Crippen LogP contribution in [0.5, 0.6) is 0 Å². The van der Waals surface area contributed by atoms with Gasteiger partial charge in [0.05, 0.1) is 18.2 Å². The van der Waals surface area contributed by atoms with Gasteiger partial charge in [-0.3, -0.25) is 5.01 Å². The van der Waals surface area contributed by atoms with Crippen LogP contribution in [0.3, 0.4) is 0 Å². The van der Waals surface area contributed by atoms with Gasteiger partial charge in [0.2, 0.25) is 0 Å². The third kappa shape index (κ3) is 6.26. The molecule has 0 aromatic heterocycles. The predicted molar refractivity (Wildman–Crippen MR) is 78.3 cm³/mol. The minimum absolute atomic E-state index is 0. The van der Waals surface area contributed by atoms with Gasteiger partial charge in [0, 0.05) is 18.4 Å². The number of carboxylic acid groups (broad SMARTS) is 1. The molecule has 0 bridgehead atoms. The molecular formula is C15H15N4NaO2. The zero-order valence-electron chi connectivity index (χ0n) is 12.6. The van der Waals surface area contributed by atoms with Gasteiger partial charge in [-0.05, 0) is 36.4 Å². The van der Waals surface area contributed by atoms with Crippen molar-refractivity contribution < 1.29 is 39.5 Å². The van der Waals surface area contributed by atoms with E-state index in [9.17, 15) is 9.90 Å². The summed E-state index contributed by atoms with van der Waals surface area (Å²) in [6.07, 6.45) is 0. The van der Waals surface area contributed by atoms with Gasteiger partial charge in [0.15, 0.2) is 0 Å². The summed E-state index contributed by atoms with van der Waals surface area (Å²) in [4.78, 5) is 10.4. The van der Waals surface area contributed by atoms with Crippen LogP contribution >= 0.6 is 0 Å². The molecule has 0 fully saturated rings.